The minimum Gasteiger partial charge on any atom is -0.394 e. The van der Waals surface area contributed by atoms with E-state index in [1.165, 1.54) is 0 Å². The van der Waals surface area contributed by atoms with Crippen LogP contribution in [0.3, 0.4) is 0 Å². The molecule has 0 aromatic heterocycles. The van der Waals surface area contributed by atoms with E-state index in [0.717, 1.165) is 5.69 Å². The first-order valence-electron chi connectivity index (χ1n) is 5.16. The smallest absolute Gasteiger partial charge is 0.157 e. The molecule has 1 aromatic rings. The quantitative estimate of drug-likeness (QED) is 0.559. The summed E-state index contributed by atoms with van der Waals surface area (Å²) in [6.45, 7) is -0.314. The first-order valence-corrected chi connectivity index (χ1v) is 5.16. The molecule has 0 spiro atoms. The third kappa shape index (κ3) is 2.17. The predicted molar refractivity (Wildman–Crippen MR) is 57.8 cm³/mol. The van der Waals surface area contributed by atoms with E-state index in [2.05, 4.69) is 5.32 Å². The van der Waals surface area contributed by atoms with Crippen LogP contribution in [0.2, 0.25) is 0 Å². The maximum Gasteiger partial charge on any atom is 0.157 e. The lowest BCUT2D eigenvalue weighted by Gasteiger charge is -2.17. The lowest BCUT2D eigenvalue weighted by Crippen LogP contribution is -2.36. The Balaban J connectivity index is 2.01. The SMILES string of the molecule is OC[C@H]1OC(Nc2ccccc2)[C@@H](O)[C@@H]1O. The van der Waals surface area contributed by atoms with Crippen LogP contribution in [0.4, 0.5) is 5.69 Å². The van der Waals surface area contributed by atoms with Crippen molar-refractivity contribution in [2.45, 2.75) is 24.5 Å². The van der Waals surface area contributed by atoms with Crippen molar-refractivity contribution >= 4 is 5.69 Å². The van der Waals surface area contributed by atoms with Gasteiger partial charge in [-0.2, -0.15) is 0 Å². The van der Waals surface area contributed by atoms with Crippen molar-refractivity contribution in [1.29, 1.82) is 0 Å². The number of rotatable bonds is 3. The molecule has 0 aliphatic carbocycles. The summed E-state index contributed by atoms with van der Waals surface area (Å²) in [5, 5.41) is 31.1. The first-order chi connectivity index (χ1) is 7.72. The summed E-state index contributed by atoms with van der Waals surface area (Å²) < 4.78 is 5.28. The second kappa shape index (κ2) is 4.80. The highest BCUT2D eigenvalue weighted by Gasteiger charge is 2.42. The molecule has 1 unspecified atom stereocenters. The van der Waals surface area contributed by atoms with Crippen molar-refractivity contribution in [2.75, 3.05) is 11.9 Å². The van der Waals surface area contributed by atoms with Crippen LogP contribution < -0.4 is 5.32 Å². The molecule has 88 valence electrons. The van der Waals surface area contributed by atoms with Gasteiger partial charge in [0.15, 0.2) is 6.23 Å². The van der Waals surface area contributed by atoms with Crippen LogP contribution in [-0.4, -0.2) is 46.5 Å². The van der Waals surface area contributed by atoms with Gasteiger partial charge in [0, 0.05) is 5.69 Å². The van der Waals surface area contributed by atoms with Gasteiger partial charge in [0.2, 0.25) is 0 Å². The summed E-state index contributed by atoms with van der Waals surface area (Å²) in [5.74, 6) is 0. The monoisotopic (exact) mass is 225 g/mol. The predicted octanol–water partition coefficient (Wildman–Crippen LogP) is -0.463. The molecule has 1 fully saturated rings. The standard InChI is InChI=1S/C11H15NO4/c13-6-8-9(14)10(15)11(16-8)12-7-4-2-1-3-5-7/h1-5,8-15H,6H2/t8-,9-,10+,11?/m1/s1. The van der Waals surface area contributed by atoms with E-state index in [1.807, 2.05) is 30.3 Å². The fourth-order valence-corrected chi connectivity index (χ4v) is 1.72. The molecule has 1 aliphatic heterocycles. The van der Waals surface area contributed by atoms with Gasteiger partial charge in [0.25, 0.3) is 0 Å². The zero-order valence-electron chi connectivity index (χ0n) is 8.65. The van der Waals surface area contributed by atoms with Gasteiger partial charge >= 0.3 is 0 Å². The van der Waals surface area contributed by atoms with Gasteiger partial charge in [0.1, 0.15) is 18.3 Å². The van der Waals surface area contributed by atoms with E-state index in [0.29, 0.717) is 0 Å². The number of nitrogens with one attached hydrogen (secondary N) is 1. The van der Waals surface area contributed by atoms with Crippen LogP contribution in [0.1, 0.15) is 0 Å². The molecule has 1 heterocycles. The van der Waals surface area contributed by atoms with E-state index in [-0.39, 0.29) is 6.61 Å². The summed E-state index contributed by atoms with van der Waals surface area (Å²) in [7, 11) is 0. The molecule has 4 atom stereocenters. The highest BCUT2D eigenvalue weighted by molar-refractivity contribution is 5.43. The van der Waals surface area contributed by atoms with Crippen LogP contribution in [0.15, 0.2) is 30.3 Å². The van der Waals surface area contributed by atoms with Crippen molar-refractivity contribution < 1.29 is 20.1 Å². The Morgan fingerprint density at radius 1 is 1.12 bits per heavy atom. The summed E-state index contributed by atoms with van der Waals surface area (Å²) in [4.78, 5) is 0. The van der Waals surface area contributed by atoms with E-state index >= 15 is 0 Å². The molecule has 5 heteroatoms. The largest absolute Gasteiger partial charge is 0.394 e. The van der Waals surface area contributed by atoms with Crippen LogP contribution in [0.5, 0.6) is 0 Å². The van der Waals surface area contributed by atoms with Gasteiger partial charge in [-0.25, -0.2) is 0 Å². The third-order valence-corrected chi connectivity index (χ3v) is 2.63. The van der Waals surface area contributed by atoms with Gasteiger partial charge in [0.05, 0.1) is 6.61 Å². The molecule has 0 saturated carbocycles. The van der Waals surface area contributed by atoms with Gasteiger partial charge < -0.3 is 25.4 Å². The Kier molecular flexibility index (Phi) is 3.40. The number of hydrogen-bond donors (Lipinski definition) is 4. The molecular formula is C11H15NO4. The molecule has 1 aromatic carbocycles. The Labute approximate surface area is 93.3 Å². The molecule has 0 bridgehead atoms. The maximum atomic E-state index is 9.67. The van der Waals surface area contributed by atoms with E-state index in [4.69, 9.17) is 9.84 Å². The molecule has 2 rings (SSSR count). The Bertz CT molecular complexity index is 332. The Morgan fingerprint density at radius 2 is 1.81 bits per heavy atom. The van der Waals surface area contributed by atoms with Crippen LogP contribution >= 0.6 is 0 Å². The lowest BCUT2D eigenvalue weighted by molar-refractivity contribution is -0.0153. The van der Waals surface area contributed by atoms with Crippen molar-refractivity contribution in [3.8, 4) is 0 Å². The van der Waals surface area contributed by atoms with E-state index in [1.54, 1.807) is 0 Å². The molecule has 1 saturated heterocycles. The normalized spacial score (nSPS) is 33.9. The number of benzene rings is 1. The maximum absolute atomic E-state index is 9.67. The van der Waals surface area contributed by atoms with Gasteiger partial charge in [-0.1, -0.05) is 18.2 Å². The van der Waals surface area contributed by atoms with Gasteiger partial charge in [-0.15, -0.1) is 0 Å². The summed E-state index contributed by atoms with van der Waals surface area (Å²) in [6.07, 6.45) is -3.55. The van der Waals surface area contributed by atoms with Crippen molar-refractivity contribution in [3.05, 3.63) is 30.3 Å². The number of aliphatic hydroxyl groups excluding tert-OH is 3. The highest BCUT2D eigenvalue weighted by atomic mass is 16.6. The highest BCUT2D eigenvalue weighted by Crippen LogP contribution is 2.22. The summed E-state index contributed by atoms with van der Waals surface area (Å²) >= 11 is 0. The molecule has 0 radical (unpaired) electrons. The fraction of sp³-hybridized carbons (Fsp3) is 0.455. The minimum absolute atomic E-state index is 0.314. The number of para-hydroxylation sites is 1. The average Bonchev–Trinajstić information content (AvgIpc) is 2.58. The minimum atomic E-state index is -1.06. The number of ether oxygens (including phenoxy) is 1. The lowest BCUT2D eigenvalue weighted by atomic mass is 10.1. The summed E-state index contributed by atoms with van der Waals surface area (Å²) in [5.41, 5.74) is 0.789. The van der Waals surface area contributed by atoms with E-state index < -0.39 is 24.5 Å². The van der Waals surface area contributed by atoms with Crippen molar-refractivity contribution in [1.82, 2.24) is 0 Å². The zero-order valence-corrected chi connectivity index (χ0v) is 8.65. The topological polar surface area (TPSA) is 82.0 Å². The Hall–Kier alpha value is -1.14. The second-order valence-corrected chi connectivity index (χ2v) is 3.77. The number of hydrogen-bond acceptors (Lipinski definition) is 5. The molecule has 16 heavy (non-hydrogen) atoms. The van der Waals surface area contributed by atoms with Gasteiger partial charge in [-0.05, 0) is 12.1 Å². The van der Waals surface area contributed by atoms with Gasteiger partial charge in [-0.3, -0.25) is 0 Å². The van der Waals surface area contributed by atoms with Crippen molar-refractivity contribution in [2.24, 2.45) is 0 Å². The molecule has 5 nitrogen and oxygen atoms in total. The molecule has 0 amide bonds. The third-order valence-electron chi connectivity index (χ3n) is 2.63. The fourth-order valence-electron chi connectivity index (χ4n) is 1.72. The first kappa shape index (κ1) is 11.3. The molecule has 1 aliphatic rings. The van der Waals surface area contributed by atoms with Crippen LogP contribution in [0, 0.1) is 0 Å². The van der Waals surface area contributed by atoms with Crippen LogP contribution in [-0.2, 0) is 4.74 Å². The van der Waals surface area contributed by atoms with Crippen molar-refractivity contribution in [3.63, 3.8) is 0 Å². The average molecular weight is 225 g/mol. The molecule has 4 N–H and O–H groups in total. The van der Waals surface area contributed by atoms with E-state index in [9.17, 15) is 10.2 Å². The summed E-state index contributed by atoms with van der Waals surface area (Å²) in [6, 6.07) is 9.24. The number of anilines is 1. The Morgan fingerprint density at radius 3 is 2.38 bits per heavy atom. The second-order valence-electron chi connectivity index (χ2n) is 3.77. The van der Waals surface area contributed by atoms with Crippen LogP contribution in [0.25, 0.3) is 0 Å². The molecular weight excluding hydrogens is 210 g/mol. The zero-order chi connectivity index (χ0) is 11.5. The number of aliphatic hydroxyl groups is 3.